The summed E-state index contributed by atoms with van der Waals surface area (Å²) in [6.07, 6.45) is 0.664. The zero-order valence-corrected chi connectivity index (χ0v) is 13.4. The van der Waals surface area contributed by atoms with Gasteiger partial charge in [0.15, 0.2) is 12.4 Å². The molecule has 0 radical (unpaired) electrons. The van der Waals surface area contributed by atoms with Crippen molar-refractivity contribution in [3.63, 3.8) is 0 Å². The van der Waals surface area contributed by atoms with Crippen molar-refractivity contribution in [3.8, 4) is 0 Å². The maximum absolute atomic E-state index is 12.5. The molecule has 5 heteroatoms. The lowest BCUT2D eigenvalue weighted by atomic mass is 10.0. The molecule has 1 aromatic carbocycles. The monoisotopic (exact) mass is 310 g/mol. The second-order valence-electron chi connectivity index (χ2n) is 5.44. The first-order chi connectivity index (χ1) is 11.1. The third-order valence-corrected chi connectivity index (χ3v) is 3.79. The van der Waals surface area contributed by atoms with Gasteiger partial charge in [-0.3, -0.25) is 4.98 Å². The predicted molar refractivity (Wildman–Crippen MR) is 86.2 cm³/mol. The summed E-state index contributed by atoms with van der Waals surface area (Å²) in [4.78, 5) is 17.1. The van der Waals surface area contributed by atoms with E-state index in [1.165, 1.54) is 0 Å². The Bertz CT molecular complexity index is 868. The summed E-state index contributed by atoms with van der Waals surface area (Å²) in [6.45, 7) is 5.79. The molecule has 0 N–H and O–H groups in total. The number of fused-ring (bicyclic) bond motifs is 1. The Morgan fingerprint density at radius 1 is 1.26 bits per heavy atom. The van der Waals surface area contributed by atoms with Crippen molar-refractivity contribution in [3.05, 3.63) is 58.6 Å². The van der Waals surface area contributed by atoms with Gasteiger partial charge in [-0.2, -0.15) is 0 Å². The van der Waals surface area contributed by atoms with Gasteiger partial charge in [-0.15, -0.1) is 0 Å². The van der Waals surface area contributed by atoms with Gasteiger partial charge in [0.2, 0.25) is 0 Å². The van der Waals surface area contributed by atoms with Crippen LogP contribution in [0.1, 0.15) is 40.0 Å². The zero-order valence-electron chi connectivity index (χ0n) is 13.4. The van der Waals surface area contributed by atoms with Crippen LogP contribution in [0.4, 0.5) is 0 Å². The molecule has 0 atom stereocenters. The second kappa shape index (κ2) is 6.20. The molecule has 0 bridgehead atoms. The molecular formula is C18H18N2O3. The molecule has 0 unspecified atom stereocenters. The molecule has 0 fully saturated rings. The molecule has 0 saturated carbocycles. The van der Waals surface area contributed by atoms with Crippen LogP contribution in [0, 0.1) is 13.8 Å². The van der Waals surface area contributed by atoms with E-state index < -0.39 is 0 Å². The molecule has 3 aromatic rings. The van der Waals surface area contributed by atoms with E-state index >= 15 is 0 Å². The first kappa shape index (κ1) is 15.2. The normalized spacial score (nSPS) is 10.9. The Balaban J connectivity index is 1.94. The maximum Gasteiger partial charge on any atom is 0.340 e. The number of esters is 1. The average molecular weight is 310 g/mol. The number of aryl methyl sites for hydroxylation is 3. The van der Waals surface area contributed by atoms with Crippen LogP contribution in [0.3, 0.4) is 0 Å². The number of benzene rings is 1. The Morgan fingerprint density at radius 2 is 2.04 bits per heavy atom. The minimum Gasteiger partial charge on any atom is -0.454 e. The van der Waals surface area contributed by atoms with Gasteiger partial charge in [0.1, 0.15) is 0 Å². The van der Waals surface area contributed by atoms with Gasteiger partial charge in [-0.1, -0.05) is 30.3 Å². The molecule has 5 nitrogen and oxygen atoms in total. The van der Waals surface area contributed by atoms with E-state index in [1.54, 1.807) is 6.07 Å². The number of aromatic nitrogens is 2. The van der Waals surface area contributed by atoms with E-state index in [1.807, 2.05) is 45.0 Å². The lowest BCUT2D eigenvalue weighted by Crippen LogP contribution is -2.12. The number of hydrogen-bond donors (Lipinski definition) is 0. The SMILES string of the molecule is CCc1nc2ccccc2c(C)c1C(=O)OCc1cc(C)no1. The Kier molecular flexibility index (Phi) is 4.10. The number of carbonyl (C=O) groups excluding carboxylic acids is 1. The highest BCUT2D eigenvalue weighted by Crippen LogP contribution is 2.24. The molecule has 0 aliphatic rings. The van der Waals surface area contributed by atoms with Gasteiger partial charge in [-0.25, -0.2) is 4.79 Å². The number of carbonyl (C=O) groups is 1. The van der Waals surface area contributed by atoms with Gasteiger partial charge in [0.25, 0.3) is 0 Å². The van der Waals surface area contributed by atoms with E-state index in [-0.39, 0.29) is 12.6 Å². The van der Waals surface area contributed by atoms with Gasteiger partial charge in [-0.05, 0) is 31.9 Å². The summed E-state index contributed by atoms with van der Waals surface area (Å²) >= 11 is 0. The highest BCUT2D eigenvalue weighted by atomic mass is 16.5. The topological polar surface area (TPSA) is 65.2 Å². The molecule has 23 heavy (non-hydrogen) atoms. The number of hydrogen-bond acceptors (Lipinski definition) is 5. The Hall–Kier alpha value is -2.69. The number of nitrogens with zero attached hydrogens (tertiary/aromatic N) is 2. The summed E-state index contributed by atoms with van der Waals surface area (Å²) in [7, 11) is 0. The van der Waals surface area contributed by atoms with E-state index in [0.717, 1.165) is 27.9 Å². The fourth-order valence-electron chi connectivity index (χ4n) is 2.66. The molecule has 0 amide bonds. The highest BCUT2D eigenvalue weighted by molar-refractivity contribution is 5.98. The number of rotatable bonds is 4. The molecule has 3 rings (SSSR count). The number of ether oxygens (including phenoxy) is 1. The van der Waals surface area contributed by atoms with E-state index in [9.17, 15) is 4.79 Å². The summed E-state index contributed by atoms with van der Waals surface area (Å²) in [5.41, 5.74) is 3.84. The van der Waals surface area contributed by atoms with Crippen LogP contribution in [0.25, 0.3) is 10.9 Å². The van der Waals surface area contributed by atoms with Crippen LogP contribution in [-0.2, 0) is 17.8 Å². The summed E-state index contributed by atoms with van der Waals surface area (Å²) < 4.78 is 10.5. The fraction of sp³-hybridized carbons (Fsp3) is 0.278. The smallest absolute Gasteiger partial charge is 0.340 e. The van der Waals surface area contributed by atoms with Crippen molar-refractivity contribution in [2.24, 2.45) is 0 Å². The van der Waals surface area contributed by atoms with E-state index in [0.29, 0.717) is 17.7 Å². The lowest BCUT2D eigenvalue weighted by molar-refractivity contribution is 0.0435. The number of pyridine rings is 1. The zero-order chi connectivity index (χ0) is 16.4. The molecular weight excluding hydrogens is 292 g/mol. The molecule has 0 saturated heterocycles. The van der Waals surface area contributed by atoms with Crippen molar-refractivity contribution in [1.29, 1.82) is 0 Å². The summed E-state index contributed by atoms with van der Waals surface area (Å²) in [5, 5.41) is 4.75. The van der Waals surface area contributed by atoms with Crippen LogP contribution in [-0.4, -0.2) is 16.1 Å². The van der Waals surface area contributed by atoms with Crippen LogP contribution < -0.4 is 0 Å². The van der Waals surface area contributed by atoms with Crippen LogP contribution in [0.15, 0.2) is 34.9 Å². The molecule has 2 aromatic heterocycles. The van der Waals surface area contributed by atoms with E-state index in [4.69, 9.17) is 9.26 Å². The first-order valence-electron chi connectivity index (χ1n) is 7.57. The summed E-state index contributed by atoms with van der Waals surface area (Å²) in [6, 6.07) is 9.55. The standard InChI is InChI=1S/C18H18N2O3/c1-4-15-17(12(3)14-7-5-6-8-16(14)19-15)18(21)22-10-13-9-11(2)20-23-13/h5-9H,4,10H2,1-3H3. The highest BCUT2D eigenvalue weighted by Gasteiger charge is 2.19. The van der Waals surface area contributed by atoms with Crippen molar-refractivity contribution in [1.82, 2.24) is 10.1 Å². The quantitative estimate of drug-likeness (QED) is 0.686. The van der Waals surface area contributed by atoms with Crippen LogP contribution >= 0.6 is 0 Å². The lowest BCUT2D eigenvalue weighted by Gasteiger charge is -2.12. The van der Waals surface area contributed by atoms with E-state index in [2.05, 4.69) is 10.1 Å². The Morgan fingerprint density at radius 3 is 2.74 bits per heavy atom. The third-order valence-electron chi connectivity index (χ3n) is 3.79. The first-order valence-corrected chi connectivity index (χ1v) is 7.57. The van der Waals surface area contributed by atoms with Crippen molar-refractivity contribution in [2.75, 3.05) is 0 Å². The second-order valence-corrected chi connectivity index (χ2v) is 5.44. The van der Waals surface area contributed by atoms with Gasteiger partial charge in [0.05, 0.1) is 22.5 Å². The predicted octanol–water partition coefficient (Wildman–Crippen LogP) is 3.76. The van der Waals surface area contributed by atoms with Crippen molar-refractivity contribution < 1.29 is 14.1 Å². The Labute approximate surface area is 134 Å². The van der Waals surface area contributed by atoms with Crippen molar-refractivity contribution in [2.45, 2.75) is 33.8 Å². The third kappa shape index (κ3) is 2.95. The fourth-order valence-corrected chi connectivity index (χ4v) is 2.66. The summed E-state index contributed by atoms with van der Waals surface area (Å²) in [5.74, 6) is 0.145. The maximum atomic E-state index is 12.5. The molecule has 0 aliphatic heterocycles. The van der Waals surface area contributed by atoms with Gasteiger partial charge >= 0.3 is 5.97 Å². The van der Waals surface area contributed by atoms with Gasteiger partial charge < -0.3 is 9.26 Å². The average Bonchev–Trinajstić information content (AvgIpc) is 2.98. The molecule has 0 aliphatic carbocycles. The molecule has 0 spiro atoms. The number of para-hydroxylation sites is 1. The minimum absolute atomic E-state index is 0.0646. The molecule has 2 heterocycles. The largest absolute Gasteiger partial charge is 0.454 e. The van der Waals surface area contributed by atoms with Crippen LogP contribution in [0.5, 0.6) is 0 Å². The molecule has 118 valence electrons. The van der Waals surface area contributed by atoms with Gasteiger partial charge in [0, 0.05) is 11.5 Å². The minimum atomic E-state index is -0.383. The van der Waals surface area contributed by atoms with Crippen molar-refractivity contribution >= 4 is 16.9 Å². The van der Waals surface area contributed by atoms with Crippen LogP contribution in [0.2, 0.25) is 0 Å².